The summed E-state index contributed by atoms with van der Waals surface area (Å²) in [5, 5.41) is 0. The molecule has 0 aromatic rings. The van der Waals surface area contributed by atoms with Gasteiger partial charge in [0, 0.05) is 6.61 Å². The summed E-state index contributed by atoms with van der Waals surface area (Å²) in [5.74, 6) is 0. The van der Waals surface area contributed by atoms with Gasteiger partial charge in [-0.15, -0.1) is 0 Å². The average molecular weight is 157 g/mol. The highest BCUT2D eigenvalue weighted by Gasteiger charge is 2.14. The highest BCUT2D eigenvalue weighted by atomic mass is 16.5. The maximum absolute atomic E-state index is 5.52. The third-order valence-corrected chi connectivity index (χ3v) is 2.16. The molecule has 1 heterocycles. The van der Waals surface area contributed by atoms with Crippen molar-refractivity contribution in [3.05, 3.63) is 0 Å². The van der Waals surface area contributed by atoms with E-state index in [1.807, 2.05) is 0 Å². The van der Waals surface area contributed by atoms with E-state index in [1.165, 1.54) is 32.2 Å². The first-order chi connectivity index (χ1) is 5.29. The van der Waals surface area contributed by atoms with Gasteiger partial charge in [-0.3, -0.25) is 0 Å². The standard InChI is InChI=1S/C9H19NO/c1-10(2)7-3-5-9-6-4-8-11-9/h9H,3-8H2,1-2H3. The molecule has 1 aliphatic rings. The smallest absolute Gasteiger partial charge is 0.0576 e. The number of hydrogen-bond donors (Lipinski definition) is 0. The molecule has 1 rings (SSSR count). The molecule has 1 unspecified atom stereocenters. The van der Waals surface area contributed by atoms with Gasteiger partial charge in [-0.25, -0.2) is 0 Å². The Bertz CT molecular complexity index is 97.7. The summed E-state index contributed by atoms with van der Waals surface area (Å²) < 4.78 is 5.52. The fourth-order valence-corrected chi connectivity index (χ4v) is 1.51. The van der Waals surface area contributed by atoms with E-state index in [-0.39, 0.29) is 0 Å². The summed E-state index contributed by atoms with van der Waals surface area (Å²) in [6.07, 6.45) is 5.66. The molecular weight excluding hydrogens is 138 g/mol. The molecule has 1 fully saturated rings. The van der Waals surface area contributed by atoms with E-state index in [0.717, 1.165) is 6.61 Å². The van der Waals surface area contributed by atoms with Crippen LogP contribution in [-0.4, -0.2) is 38.3 Å². The lowest BCUT2D eigenvalue weighted by atomic mass is 10.1. The first-order valence-corrected chi connectivity index (χ1v) is 4.55. The van der Waals surface area contributed by atoms with Gasteiger partial charge in [0.1, 0.15) is 0 Å². The van der Waals surface area contributed by atoms with Crippen LogP contribution in [0.1, 0.15) is 25.7 Å². The van der Waals surface area contributed by atoms with Crippen molar-refractivity contribution < 1.29 is 4.74 Å². The largest absolute Gasteiger partial charge is 0.378 e. The molecule has 0 radical (unpaired) electrons. The predicted octanol–water partition coefficient (Wildman–Crippen LogP) is 1.51. The predicted molar refractivity (Wildman–Crippen MR) is 46.8 cm³/mol. The Morgan fingerprint density at radius 1 is 1.45 bits per heavy atom. The van der Waals surface area contributed by atoms with Crippen molar-refractivity contribution in [2.45, 2.75) is 31.8 Å². The van der Waals surface area contributed by atoms with E-state index in [4.69, 9.17) is 4.74 Å². The average Bonchev–Trinajstić information content (AvgIpc) is 2.39. The molecule has 0 amide bonds. The fraction of sp³-hybridized carbons (Fsp3) is 1.00. The van der Waals surface area contributed by atoms with Gasteiger partial charge in [-0.1, -0.05) is 0 Å². The quantitative estimate of drug-likeness (QED) is 0.613. The van der Waals surface area contributed by atoms with Crippen molar-refractivity contribution in [2.24, 2.45) is 0 Å². The van der Waals surface area contributed by atoms with E-state index in [2.05, 4.69) is 19.0 Å². The first kappa shape index (κ1) is 9.01. The molecule has 66 valence electrons. The van der Waals surface area contributed by atoms with Gasteiger partial charge in [-0.2, -0.15) is 0 Å². The Hall–Kier alpha value is -0.0800. The van der Waals surface area contributed by atoms with Crippen molar-refractivity contribution in [1.82, 2.24) is 4.90 Å². The van der Waals surface area contributed by atoms with Gasteiger partial charge in [0.2, 0.25) is 0 Å². The van der Waals surface area contributed by atoms with Crippen LogP contribution in [0.25, 0.3) is 0 Å². The van der Waals surface area contributed by atoms with Crippen LogP contribution in [0.3, 0.4) is 0 Å². The van der Waals surface area contributed by atoms with E-state index in [1.54, 1.807) is 0 Å². The van der Waals surface area contributed by atoms with Crippen LogP contribution >= 0.6 is 0 Å². The van der Waals surface area contributed by atoms with Crippen molar-refractivity contribution >= 4 is 0 Å². The van der Waals surface area contributed by atoms with Crippen LogP contribution in [-0.2, 0) is 4.74 Å². The molecule has 0 aromatic heterocycles. The molecule has 0 aromatic carbocycles. The Morgan fingerprint density at radius 2 is 2.27 bits per heavy atom. The third kappa shape index (κ3) is 3.73. The summed E-state index contributed by atoms with van der Waals surface area (Å²) in [6.45, 7) is 2.19. The molecule has 1 aliphatic heterocycles. The normalized spacial score (nSPS) is 24.8. The molecule has 1 atom stereocenters. The maximum Gasteiger partial charge on any atom is 0.0576 e. The lowest BCUT2D eigenvalue weighted by Crippen LogP contribution is -2.15. The minimum absolute atomic E-state index is 0.579. The van der Waals surface area contributed by atoms with E-state index < -0.39 is 0 Å². The van der Waals surface area contributed by atoms with Gasteiger partial charge in [0.05, 0.1) is 6.10 Å². The van der Waals surface area contributed by atoms with Gasteiger partial charge >= 0.3 is 0 Å². The molecule has 0 spiro atoms. The second-order valence-corrected chi connectivity index (χ2v) is 3.58. The molecule has 1 saturated heterocycles. The van der Waals surface area contributed by atoms with Crippen LogP contribution in [0.2, 0.25) is 0 Å². The molecule has 0 N–H and O–H groups in total. The van der Waals surface area contributed by atoms with E-state index in [0.29, 0.717) is 6.10 Å². The fourth-order valence-electron chi connectivity index (χ4n) is 1.51. The zero-order chi connectivity index (χ0) is 8.10. The maximum atomic E-state index is 5.52. The second-order valence-electron chi connectivity index (χ2n) is 3.58. The SMILES string of the molecule is CN(C)CCCC1CCCO1. The number of rotatable bonds is 4. The highest BCUT2D eigenvalue weighted by molar-refractivity contribution is 4.64. The molecule has 2 nitrogen and oxygen atoms in total. The van der Waals surface area contributed by atoms with Gasteiger partial charge < -0.3 is 9.64 Å². The number of hydrogen-bond acceptors (Lipinski definition) is 2. The molecule has 11 heavy (non-hydrogen) atoms. The Kier molecular flexibility index (Phi) is 3.87. The molecular formula is C9H19NO. The Labute approximate surface area is 69.5 Å². The summed E-state index contributed by atoms with van der Waals surface area (Å²) in [5.41, 5.74) is 0. The summed E-state index contributed by atoms with van der Waals surface area (Å²) >= 11 is 0. The summed E-state index contributed by atoms with van der Waals surface area (Å²) in [4.78, 5) is 2.23. The first-order valence-electron chi connectivity index (χ1n) is 4.55. The van der Waals surface area contributed by atoms with E-state index >= 15 is 0 Å². The lowest BCUT2D eigenvalue weighted by molar-refractivity contribution is 0.100. The topological polar surface area (TPSA) is 12.5 Å². The van der Waals surface area contributed by atoms with Crippen LogP contribution in [0.4, 0.5) is 0 Å². The third-order valence-electron chi connectivity index (χ3n) is 2.16. The van der Waals surface area contributed by atoms with Crippen molar-refractivity contribution in [1.29, 1.82) is 0 Å². The molecule has 2 heteroatoms. The Morgan fingerprint density at radius 3 is 2.82 bits per heavy atom. The van der Waals surface area contributed by atoms with Crippen LogP contribution in [0.5, 0.6) is 0 Å². The zero-order valence-electron chi connectivity index (χ0n) is 7.68. The van der Waals surface area contributed by atoms with Crippen LogP contribution < -0.4 is 0 Å². The number of nitrogens with zero attached hydrogens (tertiary/aromatic N) is 1. The molecule has 0 aliphatic carbocycles. The van der Waals surface area contributed by atoms with Crippen molar-refractivity contribution in [3.63, 3.8) is 0 Å². The monoisotopic (exact) mass is 157 g/mol. The minimum atomic E-state index is 0.579. The zero-order valence-corrected chi connectivity index (χ0v) is 7.68. The van der Waals surface area contributed by atoms with Crippen molar-refractivity contribution in [2.75, 3.05) is 27.2 Å². The van der Waals surface area contributed by atoms with Crippen LogP contribution in [0.15, 0.2) is 0 Å². The van der Waals surface area contributed by atoms with Gasteiger partial charge in [-0.05, 0) is 46.3 Å². The Balaban J connectivity index is 1.94. The molecule has 0 saturated carbocycles. The van der Waals surface area contributed by atoms with Gasteiger partial charge in [0.25, 0.3) is 0 Å². The number of ether oxygens (including phenoxy) is 1. The van der Waals surface area contributed by atoms with E-state index in [9.17, 15) is 0 Å². The minimum Gasteiger partial charge on any atom is -0.378 e. The van der Waals surface area contributed by atoms with Gasteiger partial charge in [0.15, 0.2) is 0 Å². The summed E-state index contributed by atoms with van der Waals surface area (Å²) in [6, 6.07) is 0. The highest BCUT2D eigenvalue weighted by Crippen LogP contribution is 2.16. The second kappa shape index (κ2) is 4.73. The summed E-state index contributed by atoms with van der Waals surface area (Å²) in [7, 11) is 4.24. The lowest BCUT2D eigenvalue weighted by Gasteiger charge is -2.12. The van der Waals surface area contributed by atoms with Crippen molar-refractivity contribution in [3.8, 4) is 0 Å². The van der Waals surface area contributed by atoms with Crippen LogP contribution in [0, 0.1) is 0 Å². The molecule has 0 bridgehead atoms.